The van der Waals surface area contributed by atoms with Crippen LogP contribution in [0.2, 0.25) is 0 Å². The molecule has 0 radical (unpaired) electrons. The number of halogens is 4. The van der Waals surface area contributed by atoms with Crippen molar-refractivity contribution in [2.24, 2.45) is 0 Å². The van der Waals surface area contributed by atoms with Crippen LogP contribution in [0.5, 0.6) is 0 Å². The van der Waals surface area contributed by atoms with Gasteiger partial charge in [0.25, 0.3) is 0 Å². The first-order chi connectivity index (χ1) is 6.55. The summed E-state index contributed by atoms with van der Waals surface area (Å²) >= 11 is 0. The van der Waals surface area contributed by atoms with Crippen LogP contribution in [0, 0.1) is 0 Å². The van der Waals surface area contributed by atoms with Crippen molar-refractivity contribution in [3.05, 3.63) is 0 Å². The molecule has 14 heavy (non-hydrogen) atoms. The third-order valence-corrected chi connectivity index (χ3v) is 2.36. The van der Waals surface area contributed by atoms with Crippen molar-refractivity contribution in [1.82, 2.24) is 10.2 Å². The Hall–Kier alpha value is -0.360. The lowest BCUT2D eigenvalue weighted by Gasteiger charge is -2.30. The largest absolute Gasteiger partial charge is 0.404 e. The highest BCUT2D eigenvalue weighted by Gasteiger charge is 2.43. The Labute approximate surface area is 80.3 Å². The number of hydrogen-bond donors (Lipinski definition) is 1. The zero-order chi connectivity index (χ0) is 10.6. The van der Waals surface area contributed by atoms with E-state index in [2.05, 4.69) is 5.32 Å². The van der Waals surface area contributed by atoms with Crippen molar-refractivity contribution in [2.45, 2.75) is 18.6 Å². The highest BCUT2D eigenvalue weighted by Crippen LogP contribution is 2.27. The molecule has 1 aliphatic heterocycles. The number of nitrogens with one attached hydrogen (secondary N) is 1. The molecule has 1 heterocycles. The standard InChI is InChI=1S/C8H14F4N2/c9-2-5-14-6-4-13-3-1-7(14)8(10,11)12/h7,13H,1-6H2. The molecule has 1 unspecified atom stereocenters. The van der Waals surface area contributed by atoms with Gasteiger partial charge in [-0.25, -0.2) is 4.39 Å². The van der Waals surface area contributed by atoms with E-state index < -0.39 is 18.9 Å². The van der Waals surface area contributed by atoms with Gasteiger partial charge in [0.1, 0.15) is 12.7 Å². The van der Waals surface area contributed by atoms with Crippen LogP contribution in [-0.4, -0.2) is 50.0 Å². The molecule has 0 aliphatic carbocycles. The maximum Gasteiger partial charge on any atom is 0.404 e. The van der Waals surface area contributed by atoms with Crippen molar-refractivity contribution in [3.63, 3.8) is 0 Å². The second kappa shape index (κ2) is 4.93. The van der Waals surface area contributed by atoms with E-state index in [-0.39, 0.29) is 19.5 Å². The van der Waals surface area contributed by atoms with Crippen molar-refractivity contribution < 1.29 is 17.6 Å². The van der Waals surface area contributed by atoms with Crippen molar-refractivity contribution in [1.29, 1.82) is 0 Å². The third-order valence-electron chi connectivity index (χ3n) is 2.36. The number of hydrogen-bond acceptors (Lipinski definition) is 2. The smallest absolute Gasteiger partial charge is 0.315 e. The van der Waals surface area contributed by atoms with Gasteiger partial charge in [-0.05, 0) is 13.0 Å². The summed E-state index contributed by atoms with van der Waals surface area (Å²) in [7, 11) is 0. The molecule has 6 heteroatoms. The van der Waals surface area contributed by atoms with Crippen LogP contribution >= 0.6 is 0 Å². The third kappa shape index (κ3) is 3.09. The Morgan fingerprint density at radius 3 is 2.57 bits per heavy atom. The Morgan fingerprint density at radius 2 is 2.00 bits per heavy atom. The van der Waals surface area contributed by atoms with Gasteiger partial charge in [-0.3, -0.25) is 4.90 Å². The summed E-state index contributed by atoms with van der Waals surface area (Å²) in [5.41, 5.74) is 0. The molecule has 84 valence electrons. The lowest BCUT2D eigenvalue weighted by atomic mass is 10.1. The molecule has 1 aliphatic rings. The minimum Gasteiger partial charge on any atom is -0.315 e. The van der Waals surface area contributed by atoms with Gasteiger partial charge in [0.15, 0.2) is 0 Å². The Morgan fingerprint density at radius 1 is 1.29 bits per heavy atom. The number of rotatable bonds is 2. The van der Waals surface area contributed by atoms with E-state index in [1.165, 1.54) is 4.90 Å². The molecule has 0 amide bonds. The zero-order valence-electron chi connectivity index (χ0n) is 7.78. The maximum absolute atomic E-state index is 12.5. The van der Waals surface area contributed by atoms with Gasteiger partial charge in [-0.1, -0.05) is 0 Å². The van der Waals surface area contributed by atoms with E-state index in [1.54, 1.807) is 0 Å². The molecule has 0 bridgehead atoms. The minimum atomic E-state index is -4.25. The molecule has 1 N–H and O–H groups in total. The summed E-state index contributed by atoms with van der Waals surface area (Å²) in [6, 6.07) is -1.49. The van der Waals surface area contributed by atoms with E-state index >= 15 is 0 Å². The topological polar surface area (TPSA) is 15.3 Å². The fourth-order valence-electron chi connectivity index (χ4n) is 1.67. The maximum atomic E-state index is 12.5. The summed E-state index contributed by atoms with van der Waals surface area (Å²) in [6.45, 7) is 0.228. The summed E-state index contributed by atoms with van der Waals surface area (Å²) in [5, 5.41) is 2.87. The summed E-state index contributed by atoms with van der Waals surface area (Å²) in [4.78, 5) is 1.17. The van der Waals surface area contributed by atoms with Crippen LogP contribution in [-0.2, 0) is 0 Å². The van der Waals surface area contributed by atoms with Gasteiger partial charge >= 0.3 is 6.18 Å². The van der Waals surface area contributed by atoms with Crippen molar-refractivity contribution in [3.8, 4) is 0 Å². The summed E-state index contributed by atoms with van der Waals surface area (Å²) in [6.07, 6.45) is -4.25. The van der Waals surface area contributed by atoms with E-state index in [0.29, 0.717) is 13.1 Å². The van der Waals surface area contributed by atoms with E-state index in [1.807, 2.05) is 0 Å². The van der Waals surface area contributed by atoms with Gasteiger partial charge in [0.2, 0.25) is 0 Å². The molecule has 2 nitrogen and oxygen atoms in total. The lowest BCUT2D eigenvalue weighted by Crippen LogP contribution is -2.46. The van der Waals surface area contributed by atoms with Crippen LogP contribution in [0.15, 0.2) is 0 Å². The molecule has 1 saturated heterocycles. The van der Waals surface area contributed by atoms with Crippen LogP contribution < -0.4 is 5.32 Å². The second-order valence-electron chi connectivity index (χ2n) is 3.32. The molecule has 0 saturated carbocycles. The first-order valence-corrected chi connectivity index (χ1v) is 4.63. The molecule has 0 aromatic rings. The first kappa shape index (κ1) is 11.7. The first-order valence-electron chi connectivity index (χ1n) is 4.63. The molecular formula is C8H14F4N2. The van der Waals surface area contributed by atoms with Crippen LogP contribution in [0.25, 0.3) is 0 Å². The van der Waals surface area contributed by atoms with Gasteiger partial charge < -0.3 is 5.32 Å². The Kier molecular flexibility index (Phi) is 4.12. The average molecular weight is 214 g/mol. The highest BCUT2D eigenvalue weighted by molar-refractivity contribution is 4.82. The van der Waals surface area contributed by atoms with Crippen LogP contribution in [0.3, 0.4) is 0 Å². The molecule has 0 aromatic carbocycles. The SMILES string of the molecule is FCCN1CCNCCC1C(F)(F)F. The van der Waals surface area contributed by atoms with E-state index in [9.17, 15) is 17.6 Å². The van der Waals surface area contributed by atoms with Crippen molar-refractivity contribution >= 4 is 0 Å². The lowest BCUT2D eigenvalue weighted by molar-refractivity contribution is -0.183. The fraction of sp³-hybridized carbons (Fsp3) is 1.00. The summed E-state index contributed by atoms with van der Waals surface area (Å²) in [5.74, 6) is 0. The monoisotopic (exact) mass is 214 g/mol. The highest BCUT2D eigenvalue weighted by atomic mass is 19.4. The minimum absolute atomic E-state index is 0.00347. The second-order valence-corrected chi connectivity index (χ2v) is 3.32. The van der Waals surface area contributed by atoms with Gasteiger partial charge in [0, 0.05) is 19.6 Å². The normalized spacial score (nSPS) is 26.1. The Balaban J connectivity index is 2.64. The molecule has 1 rings (SSSR count). The fourth-order valence-corrected chi connectivity index (χ4v) is 1.67. The average Bonchev–Trinajstić information content (AvgIpc) is 2.29. The zero-order valence-corrected chi connectivity index (χ0v) is 7.78. The number of alkyl halides is 4. The van der Waals surface area contributed by atoms with Gasteiger partial charge in [-0.15, -0.1) is 0 Å². The van der Waals surface area contributed by atoms with E-state index in [4.69, 9.17) is 0 Å². The molecule has 0 aromatic heterocycles. The van der Waals surface area contributed by atoms with Crippen molar-refractivity contribution in [2.75, 3.05) is 32.9 Å². The quantitative estimate of drug-likeness (QED) is 0.694. The molecule has 0 spiro atoms. The molecular weight excluding hydrogens is 200 g/mol. The Bertz CT molecular complexity index is 171. The summed E-state index contributed by atoms with van der Waals surface area (Å²) < 4.78 is 49.6. The van der Waals surface area contributed by atoms with Gasteiger partial charge in [-0.2, -0.15) is 13.2 Å². The predicted molar refractivity (Wildman–Crippen MR) is 44.9 cm³/mol. The van der Waals surface area contributed by atoms with Crippen LogP contribution in [0.1, 0.15) is 6.42 Å². The number of nitrogens with zero attached hydrogens (tertiary/aromatic N) is 1. The van der Waals surface area contributed by atoms with E-state index in [0.717, 1.165) is 0 Å². The predicted octanol–water partition coefficient (Wildman–Crippen LogP) is 1.18. The van der Waals surface area contributed by atoms with Gasteiger partial charge in [0.05, 0.1) is 0 Å². The molecule has 1 atom stereocenters. The molecule has 1 fully saturated rings. The van der Waals surface area contributed by atoms with Crippen LogP contribution in [0.4, 0.5) is 17.6 Å².